The van der Waals surface area contributed by atoms with Crippen LogP contribution in [0.4, 0.5) is 5.69 Å². The molecule has 0 spiro atoms. The molecule has 1 atom stereocenters. The fourth-order valence-electron chi connectivity index (χ4n) is 1.57. The van der Waals surface area contributed by atoms with Crippen molar-refractivity contribution < 1.29 is 14.5 Å². The fourth-order valence-corrected chi connectivity index (χ4v) is 1.57. The number of nitro benzene ring substituents is 1. The average Bonchev–Trinajstić information content (AvgIpc) is 2.47. The highest BCUT2D eigenvalue weighted by atomic mass is 16.6. The molecule has 1 aromatic rings. The van der Waals surface area contributed by atoms with Gasteiger partial charge in [-0.3, -0.25) is 19.7 Å². The topological polar surface area (TPSA) is 113 Å². The Labute approximate surface area is 122 Å². The second-order valence-corrected chi connectivity index (χ2v) is 4.40. The third-order valence-corrected chi connectivity index (χ3v) is 2.73. The van der Waals surface area contributed by atoms with Gasteiger partial charge in [-0.05, 0) is 20.0 Å². The molecule has 8 heteroatoms. The predicted molar refractivity (Wildman–Crippen MR) is 77.0 cm³/mol. The Morgan fingerprint density at radius 3 is 2.67 bits per heavy atom. The number of nitro groups is 1. The fraction of sp³-hybridized carbons (Fsp3) is 0.385. The number of rotatable bonds is 7. The van der Waals surface area contributed by atoms with Gasteiger partial charge in [0.15, 0.2) is 0 Å². The zero-order valence-corrected chi connectivity index (χ0v) is 11.9. The van der Waals surface area contributed by atoms with Gasteiger partial charge < -0.3 is 16.0 Å². The molecule has 1 rings (SSSR count). The van der Waals surface area contributed by atoms with Crippen LogP contribution < -0.4 is 16.0 Å². The maximum Gasteiger partial charge on any atom is 0.270 e. The summed E-state index contributed by atoms with van der Waals surface area (Å²) < 4.78 is 0. The Bertz CT molecular complexity index is 533. The first-order valence-corrected chi connectivity index (χ1v) is 6.43. The number of amides is 2. The van der Waals surface area contributed by atoms with Gasteiger partial charge in [0.05, 0.1) is 4.92 Å². The molecule has 2 amide bonds. The quantitative estimate of drug-likeness (QED) is 0.373. The van der Waals surface area contributed by atoms with Gasteiger partial charge in [0.1, 0.15) is 6.04 Å². The molecule has 3 N–H and O–H groups in total. The lowest BCUT2D eigenvalue weighted by Gasteiger charge is -2.14. The Morgan fingerprint density at radius 2 is 2.05 bits per heavy atom. The van der Waals surface area contributed by atoms with Gasteiger partial charge in [-0.1, -0.05) is 6.07 Å². The first-order valence-electron chi connectivity index (χ1n) is 6.43. The highest BCUT2D eigenvalue weighted by Gasteiger charge is 2.17. The van der Waals surface area contributed by atoms with Crippen LogP contribution in [0, 0.1) is 10.1 Å². The summed E-state index contributed by atoms with van der Waals surface area (Å²) in [7, 11) is 1.76. The minimum atomic E-state index is -0.728. The van der Waals surface area contributed by atoms with Crippen molar-refractivity contribution in [2.24, 2.45) is 0 Å². The predicted octanol–water partition coefficient (Wildman–Crippen LogP) is 0.0487. The van der Waals surface area contributed by atoms with Crippen molar-refractivity contribution in [1.29, 1.82) is 0 Å². The molecule has 0 fully saturated rings. The van der Waals surface area contributed by atoms with E-state index < -0.39 is 16.9 Å². The Hall–Kier alpha value is -2.48. The maximum atomic E-state index is 11.9. The summed E-state index contributed by atoms with van der Waals surface area (Å²) in [4.78, 5) is 33.7. The van der Waals surface area contributed by atoms with Gasteiger partial charge in [0.2, 0.25) is 5.91 Å². The van der Waals surface area contributed by atoms with E-state index in [4.69, 9.17) is 0 Å². The molecule has 0 saturated carbocycles. The monoisotopic (exact) mass is 294 g/mol. The standard InChI is InChI=1S/C13H18N4O4/c1-9(12(18)15-7-6-14-2)16-13(19)10-4-3-5-11(8-10)17(20)21/h3-5,8-9,14H,6-7H2,1-2H3,(H,15,18)(H,16,19). The molecule has 8 nitrogen and oxygen atoms in total. The third-order valence-electron chi connectivity index (χ3n) is 2.73. The van der Waals surface area contributed by atoms with Crippen LogP contribution in [0.25, 0.3) is 0 Å². The second-order valence-electron chi connectivity index (χ2n) is 4.40. The van der Waals surface area contributed by atoms with Crippen LogP contribution in [0.5, 0.6) is 0 Å². The Morgan fingerprint density at radius 1 is 1.33 bits per heavy atom. The summed E-state index contributed by atoms with van der Waals surface area (Å²) in [6, 6.07) is 4.61. The molecule has 0 aliphatic rings. The Kier molecular flexibility index (Phi) is 6.28. The zero-order chi connectivity index (χ0) is 15.8. The molecule has 0 aliphatic heterocycles. The van der Waals surface area contributed by atoms with Crippen LogP contribution in [-0.2, 0) is 4.79 Å². The highest BCUT2D eigenvalue weighted by molar-refractivity contribution is 5.97. The van der Waals surface area contributed by atoms with Crippen LogP contribution in [0.2, 0.25) is 0 Å². The van der Waals surface area contributed by atoms with Gasteiger partial charge in [0.25, 0.3) is 11.6 Å². The minimum absolute atomic E-state index is 0.138. The number of nitrogens with one attached hydrogen (secondary N) is 3. The van der Waals surface area contributed by atoms with E-state index in [2.05, 4.69) is 16.0 Å². The summed E-state index contributed by atoms with van der Waals surface area (Å²) in [5, 5.41) is 18.7. The Balaban J connectivity index is 2.61. The molecule has 114 valence electrons. The highest BCUT2D eigenvalue weighted by Crippen LogP contribution is 2.12. The second kappa shape index (κ2) is 7.95. The van der Waals surface area contributed by atoms with Crippen LogP contribution in [0.1, 0.15) is 17.3 Å². The van der Waals surface area contributed by atoms with E-state index in [0.29, 0.717) is 13.1 Å². The van der Waals surface area contributed by atoms with Gasteiger partial charge in [-0.15, -0.1) is 0 Å². The molecule has 0 saturated heterocycles. The maximum absolute atomic E-state index is 11.9. The smallest absolute Gasteiger partial charge is 0.270 e. The van der Waals surface area contributed by atoms with Crippen molar-refractivity contribution in [2.45, 2.75) is 13.0 Å². The van der Waals surface area contributed by atoms with Crippen LogP contribution in [-0.4, -0.2) is 42.9 Å². The van der Waals surface area contributed by atoms with E-state index in [-0.39, 0.29) is 17.2 Å². The largest absolute Gasteiger partial charge is 0.353 e. The lowest BCUT2D eigenvalue weighted by molar-refractivity contribution is -0.384. The van der Waals surface area contributed by atoms with Gasteiger partial charge in [-0.2, -0.15) is 0 Å². The molecule has 0 aliphatic carbocycles. The number of hydrogen-bond acceptors (Lipinski definition) is 5. The van der Waals surface area contributed by atoms with Crippen molar-refractivity contribution in [3.8, 4) is 0 Å². The SMILES string of the molecule is CNCCNC(=O)C(C)NC(=O)c1cccc([N+](=O)[O-])c1. The van der Waals surface area contributed by atoms with E-state index >= 15 is 0 Å². The van der Waals surface area contributed by atoms with Crippen LogP contribution in [0.15, 0.2) is 24.3 Å². The summed E-state index contributed by atoms with van der Waals surface area (Å²) in [5.41, 5.74) is -0.0344. The molecule has 0 aromatic heterocycles. The lowest BCUT2D eigenvalue weighted by atomic mass is 10.1. The van der Waals surface area contributed by atoms with E-state index in [1.54, 1.807) is 14.0 Å². The molecule has 0 heterocycles. The number of likely N-dealkylation sites (N-methyl/N-ethyl adjacent to an activating group) is 1. The van der Waals surface area contributed by atoms with Crippen molar-refractivity contribution in [3.63, 3.8) is 0 Å². The van der Waals surface area contributed by atoms with Crippen molar-refractivity contribution in [3.05, 3.63) is 39.9 Å². The minimum Gasteiger partial charge on any atom is -0.353 e. The van der Waals surface area contributed by atoms with Gasteiger partial charge >= 0.3 is 0 Å². The van der Waals surface area contributed by atoms with Crippen molar-refractivity contribution in [1.82, 2.24) is 16.0 Å². The van der Waals surface area contributed by atoms with E-state index in [1.807, 2.05) is 0 Å². The third kappa shape index (κ3) is 5.19. The summed E-state index contributed by atoms with van der Waals surface area (Å²) >= 11 is 0. The molecular formula is C13H18N4O4. The lowest BCUT2D eigenvalue weighted by Crippen LogP contribution is -2.46. The summed E-state index contributed by atoms with van der Waals surface area (Å²) in [6.45, 7) is 2.62. The number of non-ortho nitro benzene ring substituents is 1. The molecule has 1 unspecified atom stereocenters. The van der Waals surface area contributed by atoms with Crippen LogP contribution >= 0.6 is 0 Å². The molecule has 0 bridgehead atoms. The number of carbonyl (C=O) groups is 2. The van der Waals surface area contributed by atoms with E-state index in [9.17, 15) is 19.7 Å². The first-order chi connectivity index (χ1) is 9.95. The van der Waals surface area contributed by atoms with E-state index in [0.717, 1.165) is 0 Å². The van der Waals surface area contributed by atoms with E-state index in [1.165, 1.54) is 24.3 Å². The molecular weight excluding hydrogens is 276 g/mol. The van der Waals surface area contributed by atoms with Crippen molar-refractivity contribution in [2.75, 3.05) is 20.1 Å². The number of carbonyl (C=O) groups excluding carboxylic acids is 2. The molecule has 1 aromatic carbocycles. The number of hydrogen-bond donors (Lipinski definition) is 3. The molecule has 21 heavy (non-hydrogen) atoms. The number of nitrogens with zero attached hydrogens (tertiary/aromatic N) is 1. The van der Waals surface area contributed by atoms with Crippen molar-refractivity contribution >= 4 is 17.5 Å². The molecule has 0 radical (unpaired) electrons. The first kappa shape index (κ1) is 16.6. The average molecular weight is 294 g/mol. The normalized spacial score (nSPS) is 11.5. The van der Waals surface area contributed by atoms with Gasteiger partial charge in [-0.25, -0.2) is 0 Å². The van der Waals surface area contributed by atoms with Crippen LogP contribution in [0.3, 0.4) is 0 Å². The summed E-state index contributed by atoms with van der Waals surface area (Å²) in [6.07, 6.45) is 0. The number of benzene rings is 1. The summed E-state index contributed by atoms with van der Waals surface area (Å²) in [5.74, 6) is -0.848. The van der Waals surface area contributed by atoms with Gasteiger partial charge in [0, 0.05) is 30.8 Å². The zero-order valence-electron chi connectivity index (χ0n) is 11.9.